The minimum absolute atomic E-state index is 0. The molecule has 5 nitrogen and oxygen atoms in total. The Morgan fingerprint density at radius 1 is 1.36 bits per heavy atom. The van der Waals surface area contributed by atoms with Gasteiger partial charge in [-0.2, -0.15) is 0 Å². The summed E-state index contributed by atoms with van der Waals surface area (Å²) in [5.74, 6) is 0.0485. The molecule has 0 aromatic heterocycles. The zero-order chi connectivity index (χ0) is 15.5. The quantitative estimate of drug-likeness (QED) is 0.637. The fraction of sp³-hybridized carbons (Fsp3) is 0.562. The van der Waals surface area contributed by atoms with Gasteiger partial charge in [-0.05, 0) is 25.6 Å². The minimum atomic E-state index is -0.660. The number of halogens is 1. The number of nitrogens with zero attached hydrogens (tertiary/aromatic N) is 1. The summed E-state index contributed by atoms with van der Waals surface area (Å²) in [4.78, 5) is 13.4. The lowest BCUT2D eigenvalue weighted by molar-refractivity contribution is -0.131. The Kier molecular flexibility index (Phi) is 11.8. The van der Waals surface area contributed by atoms with Gasteiger partial charge in [-0.25, -0.2) is 0 Å². The molecule has 0 aliphatic rings. The van der Waals surface area contributed by atoms with Crippen LogP contribution in [0.2, 0.25) is 0 Å². The minimum Gasteiger partial charge on any atom is -0.389 e. The predicted molar refractivity (Wildman–Crippen MR) is 90.2 cm³/mol. The number of carbonyl (C=O) groups excluding carboxylic acids is 1. The van der Waals surface area contributed by atoms with Crippen molar-refractivity contribution in [1.82, 2.24) is 10.2 Å². The molecular formula is C16H27ClN2O3. The highest BCUT2D eigenvalue weighted by molar-refractivity contribution is 5.85. The Balaban J connectivity index is 0.00000441. The van der Waals surface area contributed by atoms with E-state index in [1.165, 1.54) is 0 Å². The van der Waals surface area contributed by atoms with Gasteiger partial charge < -0.3 is 20.1 Å². The van der Waals surface area contributed by atoms with Crippen LogP contribution in [-0.2, 0) is 16.1 Å². The summed E-state index contributed by atoms with van der Waals surface area (Å²) in [6.45, 7) is 1.82. The summed E-state index contributed by atoms with van der Waals surface area (Å²) in [7, 11) is 3.57. The molecule has 126 valence electrons. The maximum Gasteiger partial charge on any atom is 0.222 e. The molecule has 1 aromatic carbocycles. The van der Waals surface area contributed by atoms with Crippen LogP contribution >= 0.6 is 12.4 Å². The van der Waals surface area contributed by atoms with Crippen LogP contribution in [0.1, 0.15) is 18.4 Å². The molecule has 22 heavy (non-hydrogen) atoms. The van der Waals surface area contributed by atoms with E-state index in [0.717, 1.165) is 18.5 Å². The molecule has 1 amide bonds. The van der Waals surface area contributed by atoms with Gasteiger partial charge in [-0.3, -0.25) is 4.79 Å². The second-order valence-corrected chi connectivity index (χ2v) is 5.14. The molecule has 1 atom stereocenters. The van der Waals surface area contributed by atoms with E-state index >= 15 is 0 Å². The van der Waals surface area contributed by atoms with Gasteiger partial charge in [0.25, 0.3) is 0 Å². The number of benzene rings is 1. The standard InChI is InChI=1S/C16H26N2O3.ClH/c1-17-10-6-9-16(20)18(2)11-15(19)13-21-12-14-7-4-3-5-8-14;/h3-5,7-8,15,17,19H,6,9-13H2,1-2H3;1H. The molecule has 0 radical (unpaired) electrons. The predicted octanol–water partition coefficient (Wildman–Crippen LogP) is 1.44. The second kappa shape index (κ2) is 12.4. The van der Waals surface area contributed by atoms with Crippen LogP contribution in [0.3, 0.4) is 0 Å². The molecule has 6 heteroatoms. The summed E-state index contributed by atoms with van der Waals surface area (Å²) in [5, 5.41) is 12.9. The van der Waals surface area contributed by atoms with Crippen molar-refractivity contribution in [2.45, 2.75) is 25.6 Å². The van der Waals surface area contributed by atoms with Crippen molar-refractivity contribution >= 4 is 18.3 Å². The number of aliphatic hydroxyl groups is 1. The van der Waals surface area contributed by atoms with Crippen LogP contribution in [0, 0.1) is 0 Å². The molecule has 0 aliphatic carbocycles. The molecule has 1 unspecified atom stereocenters. The lowest BCUT2D eigenvalue weighted by Crippen LogP contribution is -2.36. The van der Waals surface area contributed by atoms with E-state index in [1.54, 1.807) is 11.9 Å². The van der Waals surface area contributed by atoms with Gasteiger partial charge in [-0.1, -0.05) is 30.3 Å². The topological polar surface area (TPSA) is 61.8 Å². The number of ether oxygens (including phenoxy) is 1. The Labute approximate surface area is 139 Å². The van der Waals surface area contributed by atoms with E-state index in [0.29, 0.717) is 19.6 Å². The number of amides is 1. The number of carbonyl (C=O) groups is 1. The van der Waals surface area contributed by atoms with Gasteiger partial charge in [0.2, 0.25) is 5.91 Å². The van der Waals surface area contributed by atoms with Crippen molar-refractivity contribution < 1.29 is 14.6 Å². The highest BCUT2D eigenvalue weighted by Gasteiger charge is 2.13. The van der Waals surface area contributed by atoms with Crippen molar-refractivity contribution in [3.63, 3.8) is 0 Å². The normalized spacial score (nSPS) is 11.6. The number of hydrogen-bond acceptors (Lipinski definition) is 4. The fourth-order valence-corrected chi connectivity index (χ4v) is 1.96. The average molecular weight is 331 g/mol. The molecular weight excluding hydrogens is 304 g/mol. The van der Waals surface area contributed by atoms with E-state index in [4.69, 9.17) is 4.74 Å². The lowest BCUT2D eigenvalue weighted by atomic mass is 10.2. The van der Waals surface area contributed by atoms with Gasteiger partial charge in [-0.15, -0.1) is 12.4 Å². The van der Waals surface area contributed by atoms with Crippen LogP contribution < -0.4 is 5.32 Å². The first-order chi connectivity index (χ1) is 10.1. The van der Waals surface area contributed by atoms with Crippen molar-refractivity contribution in [3.05, 3.63) is 35.9 Å². The van der Waals surface area contributed by atoms with Crippen molar-refractivity contribution in [2.24, 2.45) is 0 Å². The number of aliphatic hydroxyl groups excluding tert-OH is 1. The lowest BCUT2D eigenvalue weighted by Gasteiger charge is -2.21. The third-order valence-electron chi connectivity index (χ3n) is 3.15. The molecule has 0 aliphatic heterocycles. The van der Waals surface area contributed by atoms with Crippen LogP contribution in [0.25, 0.3) is 0 Å². The van der Waals surface area contributed by atoms with Crippen LogP contribution in [0.15, 0.2) is 30.3 Å². The van der Waals surface area contributed by atoms with Gasteiger partial charge in [0, 0.05) is 20.0 Å². The molecule has 0 saturated heterocycles. The SMILES string of the molecule is CNCCCC(=O)N(C)CC(O)COCc1ccccc1.Cl. The first-order valence-corrected chi connectivity index (χ1v) is 7.31. The van der Waals surface area contributed by atoms with Gasteiger partial charge in [0.15, 0.2) is 0 Å². The van der Waals surface area contributed by atoms with Crippen molar-refractivity contribution in [2.75, 3.05) is 33.8 Å². The van der Waals surface area contributed by atoms with Crippen LogP contribution in [0.4, 0.5) is 0 Å². The van der Waals surface area contributed by atoms with E-state index in [1.807, 2.05) is 37.4 Å². The van der Waals surface area contributed by atoms with E-state index < -0.39 is 6.10 Å². The van der Waals surface area contributed by atoms with Crippen molar-refractivity contribution in [3.8, 4) is 0 Å². The van der Waals surface area contributed by atoms with E-state index in [2.05, 4.69) is 5.32 Å². The summed E-state index contributed by atoms with van der Waals surface area (Å²) in [5.41, 5.74) is 1.07. The Morgan fingerprint density at radius 3 is 2.68 bits per heavy atom. The van der Waals surface area contributed by atoms with E-state index in [9.17, 15) is 9.90 Å². The molecule has 1 rings (SSSR count). The molecule has 2 N–H and O–H groups in total. The van der Waals surface area contributed by atoms with Gasteiger partial charge >= 0.3 is 0 Å². The maximum atomic E-state index is 11.8. The molecule has 0 saturated carbocycles. The molecule has 0 heterocycles. The molecule has 0 spiro atoms. The Morgan fingerprint density at radius 2 is 2.05 bits per heavy atom. The maximum absolute atomic E-state index is 11.8. The van der Waals surface area contributed by atoms with E-state index in [-0.39, 0.29) is 24.9 Å². The van der Waals surface area contributed by atoms with Gasteiger partial charge in [0.05, 0.1) is 19.3 Å². The first-order valence-electron chi connectivity index (χ1n) is 7.31. The summed E-state index contributed by atoms with van der Waals surface area (Å²) >= 11 is 0. The Hall–Kier alpha value is -1.14. The largest absolute Gasteiger partial charge is 0.389 e. The zero-order valence-corrected chi connectivity index (χ0v) is 14.1. The number of rotatable bonds is 10. The third-order valence-corrected chi connectivity index (χ3v) is 3.15. The summed E-state index contributed by atoms with van der Waals surface area (Å²) < 4.78 is 5.46. The highest BCUT2D eigenvalue weighted by Crippen LogP contribution is 2.02. The highest BCUT2D eigenvalue weighted by atomic mass is 35.5. The number of likely N-dealkylation sites (N-methyl/N-ethyl adjacent to an activating group) is 1. The monoisotopic (exact) mass is 330 g/mol. The van der Waals surface area contributed by atoms with Crippen LogP contribution in [0.5, 0.6) is 0 Å². The zero-order valence-electron chi connectivity index (χ0n) is 13.3. The average Bonchev–Trinajstić information content (AvgIpc) is 2.48. The number of hydrogen-bond donors (Lipinski definition) is 2. The molecule has 0 bridgehead atoms. The van der Waals surface area contributed by atoms with Gasteiger partial charge in [0.1, 0.15) is 0 Å². The fourth-order valence-electron chi connectivity index (χ4n) is 1.96. The smallest absolute Gasteiger partial charge is 0.222 e. The molecule has 0 fully saturated rings. The Bertz CT molecular complexity index is 404. The first kappa shape index (κ1) is 20.9. The summed E-state index contributed by atoms with van der Waals surface area (Å²) in [6, 6.07) is 9.81. The number of nitrogens with one attached hydrogen (secondary N) is 1. The van der Waals surface area contributed by atoms with Crippen LogP contribution in [-0.4, -0.2) is 55.8 Å². The summed E-state index contributed by atoms with van der Waals surface area (Å²) in [6.07, 6.45) is 0.641. The second-order valence-electron chi connectivity index (χ2n) is 5.14. The third kappa shape index (κ3) is 9.00. The van der Waals surface area contributed by atoms with Crippen molar-refractivity contribution in [1.29, 1.82) is 0 Å². The molecule has 1 aromatic rings.